The Morgan fingerprint density at radius 1 is 1.08 bits per heavy atom. The molecule has 0 amide bonds. The van der Waals surface area contributed by atoms with Gasteiger partial charge in [0.25, 0.3) is 0 Å². The molecule has 1 N–H and O–H groups in total. The summed E-state index contributed by atoms with van der Waals surface area (Å²) in [5.74, 6) is 0. The largest absolute Gasteiger partial charge is 1.00 e. The van der Waals surface area contributed by atoms with Gasteiger partial charge in [-0.2, -0.15) is 17.0 Å². The normalized spacial score (nSPS) is 20.5. The van der Waals surface area contributed by atoms with Crippen LogP contribution in [0.15, 0.2) is 0 Å². The van der Waals surface area contributed by atoms with Crippen molar-refractivity contribution >= 4 is 24.4 Å². The van der Waals surface area contributed by atoms with Gasteiger partial charge in [0, 0.05) is 5.25 Å². The third-order valence-corrected chi connectivity index (χ3v) is 4.01. The third-order valence-electron chi connectivity index (χ3n) is 1.77. The molecule has 0 radical (unpaired) electrons. The van der Waals surface area contributed by atoms with E-state index in [1.54, 1.807) is 11.8 Å². The fourth-order valence-electron chi connectivity index (χ4n) is 0.563. The van der Waals surface area contributed by atoms with Crippen LogP contribution >= 0.6 is 11.8 Å². The summed E-state index contributed by atoms with van der Waals surface area (Å²) in [6.07, 6.45) is -0.240. The first-order chi connectivity index (χ1) is 4.95. The number of aliphatic hydroxyl groups is 1. The molecule has 0 aromatic carbocycles. The van der Waals surface area contributed by atoms with Crippen molar-refractivity contribution in [3.05, 3.63) is 0 Å². The second kappa shape index (κ2) is 8.01. The quantitative estimate of drug-likeness (QED) is 0.472. The molecule has 0 saturated carbocycles. The van der Waals surface area contributed by atoms with Crippen molar-refractivity contribution in [3.63, 3.8) is 0 Å². The Morgan fingerprint density at radius 2 is 1.50 bits per heavy atom. The van der Waals surface area contributed by atoms with Crippen molar-refractivity contribution in [2.75, 3.05) is 0 Å². The summed E-state index contributed by atoms with van der Waals surface area (Å²) in [5.41, 5.74) is 0. The zero-order chi connectivity index (χ0) is 9.02. The van der Waals surface area contributed by atoms with Crippen LogP contribution in [-0.4, -0.2) is 27.0 Å². The van der Waals surface area contributed by atoms with Crippen LogP contribution in [-0.2, 0) is 12.6 Å². The number of hydrogen-bond acceptors (Lipinski definition) is 3. The van der Waals surface area contributed by atoms with Crippen LogP contribution in [0.2, 0.25) is 0 Å². The maximum Gasteiger partial charge on any atom is 1.00 e. The van der Waals surface area contributed by atoms with Gasteiger partial charge in [0.05, 0.1) is 6.10 Å². The number of thioether (sulfide) groups is 1. The minimum atomic E-state index is -0.240. The first kappa shape index (κ1) is 16.1. The van der Waals surface area contributed by atoms with Crippen molar-refractivity contribution in [2.24, 2.45) is 0 Å². The van der Waals surface area contributed by atoms with Gasteiger partial charge in [-0.3, -0.25) is 0 Å². The molecule has 0 bridgehead atoms. The van der Waals surface area contributed by atoms with Crippen LogP contribution in [0.4, 0.5) is 0 Å². The topological polar surface area (TPSA) is 20.2 Å². The minimum absolute atomic E-state index is 0. The van der Waals surface area contributed by atoms with Crippen LogP contribution in [0.5, 0.6) is 0 Å². The van der Waals surface area contributed by atoms with Crippen LogP contribution < -0.4 is 29.6 Å². The van der Waals surface area contributed by atoms with E-state index in [1.165, 1.54) is 0 Å². The SMILES string of the molecule is CC(O)C(C)SC(C)C(C)[S-].[Na+]. The first-order valence-electron chi connectivity index (χ1n) is 3.94. The summed E-state index contributed by atoms with van der Waals surface area (Å²) in [6.45, 7) is 7.99. The fraction of sp³-hybridized carbons (Fsp3) is 1.00. The third kappa shape index (κ3) is 7.10. The molecule has 0 aliphatic carbocycles. The standard InChI is InChI=1S/C8H18OS2.Na/c1-5(9)7(3)11-8(4)6(2)10;/h5-10H,1-4H3;/q;+1/p-1. The summed E-state index contributed by atoms with van der Waals surface area (Å²) in [4.78, 5) is 0. The number of rotatable bonds is 4. The molecule has 0 rings (SSSR count). The van der Waals surface area contributed by atoms with Crippen molar-refractivity contribution < 1.29 is 34.7 Å². The summed E-state index contributed by atoms with van der Waals surface area (Å²) < 4.78 is 0. The van der Waals surface area contributed by atoms with Crippen molar-refractivity contribution in [2.45, 2.75) is 49.5 Å². The van der Waals surface area contributed by atoms with Crippen molar-refractivity contribution in [1.29, 1.82) is 0 Å². The molecule has 4 unspecified atom stereocenters. The van der Waals surface area contributed by atoms with E-state index in [9.17, 15) is 5.11 Å². The second-order valence-electron chi connectivity index (χ2n) is 2.99. The van der Waals surface area contributed by atoms with E-state index >= 15 is 0 Å². The van der Waals surface area contributed by atoms with Gasteiger partial charge in [-0.05, 0) is 12.2 Å². The van der Waals surface area contributed by atoms with Crippen LogP contribution in [0.3, 0.4) is 0 Å². The Kier molecular flexibility index (Phi) is 10.7. The number of aliphatic hydroxyl groups excluding tert-OH is 1. The summed E-state index contributed by atoms with van der Waals surface area (Å²) >= 11 is 6.87. The molecule has 0 aromatic rings. The van der Waals surface area contributed by atoms with Gasteiger partial charge in [-0.1, -0.05) is 20.8 Å². The molecule has 0 saturated heterocycles. The van der Waals surface area contributed by atoms with E-state index in [4.69, 9.17) is 12.6 Å². The van der Waals surface area contributed by atoms with Crippen LogP contribution in [0.25, 0.3) is 0 Å². The van der Waals surface area contributed by atoms with Gasteiger partial charge in [0.15, 0.2) is 0 Å². The Balaban J connectivity index is 0. The van der Waals surface area contributed by atoms with E-state index in [0.29, 0.717) is 5.25 Å². The molecule has 4 atom stereocenters. The monoisotopic (exact) mass is 216 g/mol. The molecular weight excluding hydrogens is 199 g/mol. The van der Waals surface area contributed by atoms with E-state index in [-0.39, 0.29) is 46.2 Å². The van der Waals surface area contributed by atoms with Gasteiger partial charge in [0.1, 0.15) is 0 Å². The zero-order valence-corrected chi connectivity index (χ0v) is 12.2. The summed E-state index contributed by atoms with van der Waals surface area (Å²) in [6, 6.07) is 0. The Hall–Kier alpha value is 1.66. The van der Waals surface area contributed by atoms with Crippen molar-refractivity contribution in [1.82, 2.24) is 0 Å². The molecule has 1 nitrogen and oxygen atoms in total. The molecule has 4 heteroatoms. The Bertz CT molecular complexity index is 97.2. The first-order valence-corrected chi connectivity index (χ1v) is 5.36. The molecule has 68 valence electrons. The summed E-state index contributed by atoms with van der Waals surface area (Å²) in [7, 11) is 0. The molecule has 0 fully saturated rings. The average molecular weight is 216 g/mol. The molecule has 12 heavy (non-hydrogen) atoms. The number of hydrogen-bond donors (Lipinski definition) is 1. The summed E-state index contributed by atoms with van der Waals surface area (Å²) in [5, 5.41) is 10.2. The van der Waals surface area contributed by atoms with Gasteiger partial charge in [-0.25, -0.2) is 0 Å². The molecule has 0 spiro atoms. The maximum absolute atomic E-state index is 9.20. The predicted octanol–water partition coefficient (Wildman–Crippen LogP) is -1.18. The smallest absolute Gasteiger partial charge is 0.788 e. The molecular formula is C8H17NaOS2. The van der Waals surface area contributed by atoms with E-state index < -0.39 is 0 Å². The average Bonchev–Trinajstić information content (AvgIpc) is 1.87. The Labute approximate surface area is 108 Å². The van der Waals surface area contributed by atoms with Gasteiger partial charge in [0.2, 0.25) is 0 Å². The zero-order valence-electron chi connectivity index (χ0n) is 8.57. The van der Waals surface area contributed by atoms with Gasteiger partial charge < -0.3 is 17.7 Å². The maximum atomic E-state index is 9.20. The molecule has 0 aliphatic rings. The van der Waals surface area contributed by atoms with E-state index in [1.807, 2.05) is 20.8 Å². The van der Waals surface area contributed by atoms with Crippen molar-refractivity contribution in [3.8, 4) is 0 Å². The molecule has 0 aliphatic heterocycles. The second-order valence-corrected chi connectivity index (χ2v) is 5.49. The van der Waals surface area contributed by atoms with E-state index in [0.717, 1.165) is 0 Å². The van der Waals surface area contributed by atoms with E-state index in [2.05, 4.69) is 6.92 Å². The Morgan fingerprint density at radius 3 is 1.75 bits per heavy atom. The molecule has 0 aromatic heterocycles. The molecule has 0 heterocycles. The van der Waals surface area contributed by atoms with Crippen LogP contribution in [0.1, 0.15) is 27.7 Å². The predicted molar refractivity (Wildman–Crippen MR) is 55.0 cm³/mol. The van der Waals surface area contributed by atoms with Gasteiger partial charge in [-0.15, -0.1) is 0 Å². The van der Waals surface area contributed by atoms with Gasteiger partial charge >= 0.3 is 29.6 Å². The van der Waals surface area contributed by atoms with Crippen LogP contribution in [0, 0.1) is 0 Å². The fourth-order valence-corrected chi connectivity index (χ4v) is 1.88. The minimum Gasteiger partial charge on any atom is -0.788 e.